The Balaban J connectivity index is 1.39. The van der Waals surface area contributed by atoms with Gasteiger partial charge in [-0.2, -0.15) is 0 Å². The van der Waals surface area contributed by atoms with Crippen LogP contribution in [0.2, 0.25) is 5.02 Å². The molecule has 0 aliphatic carbocycles. The van der Waals surface area contributed by atoms with Gasteiger partial charge in [-0.3, -0.25) is 4.98 Å². The molecule has 1 aliphatic rings. The fourth-order valence-electron chi connectivity index (χ4n) is 4.13. The summed E-state index contributed by atoms with van der Waals surface area (Å²) in [6.45, 7) is 5.73. The van der Waals surface area contributed by atoms with E-state index in [1.54, 1.807) is 6.20 Å². The Morgan fingerprint density at radius 3 is 2.62 bits per heavy atom. The Hall–Kier alpha value is -3.44. The highest BCUT2D eigenvalue weighted by Crippen LogP contribution is 2.33. The molecular formula is C26H24ClN5. The molecule has 0 radical (unpaired) electrons. The minimum Gasteiger partial charge on any atom is -0.352 e. The van der Waals surface area contributed by atoms with Crippen LogP contribution in [0.3, 0.4) is 0 Å². The molecule has 4 heterocycles. The van der Waals surface area contributed by atoms with Gasteiger partial charge in [-0.05, 0) is 54.8 Å². The van der Waals surface area contributed by atoms with Crippen molar-refractivity contribution in [1.29, 1.82) is 0 Å². The normalized spacial score (nSPS) is 13.0. The van der Waals surface area contributed by atoms with E-state index in [4.69, 9.17) is 16.6 Å². The zero-order chi connectivity index (χ0) is 22.1. The van der Waals surface area contributed by atoms with Crippen molar-refractivity contribution in [2.45, 2.75) is 26.8 Å². The highest BCUT2D eigenvalue weighted by atomic mass is 35.5. The molecular weight excluding hydrogens is 418 g/mol. The van der Waals surface area contributed by atoms with Gasteiger partial charge in [0.1, 0.15) is 11.6 Å². The van der Waals surface area contributed by atoms with Crippen LogP contribution in [0.4, 0.5) is 17.3 Å². The van der Waals surface area contributed by atoms with Crippen LogP contribution >= 0.6 is 11.6 Å². The van der Waals surface area contributed by atoms with Crippen molar-refractivity contribution in [3.05, 3.63) is 94.4 Å². The van der Waals surface area contributed by atoms with E-state index in [1.165, 1.54) is 5.56 Å². The van der Waals surface area contributed by atoms with Crippen molar-refractivity contribution in [1.82, 2.24) is 15.0 Å². The third kappa shape index (κ3) is 4.16. The average molecular weight is 442 g/mol. The molecule has 0 fully saturated rings. The molecule has 0 bridgehead atoms. The number of hydrogen-bond acceptors (Lipinski definition) is 5. The first-order valence-corrected chi connectivity index (χ1v) is 11.1. The number of hydrogen-bond donors (Lipinski definition) is 1. The van der Waals surface area contributed by atoms with Crippen LogP contribution in [0.1, 0.15) is 22.4 Å². The lowest BCUT2D eigenvalue weighted by Gasteiger charge is -2.30. The first kappa shape index (κ1) is 20.5. The number of para-hydroxylation sites is 1. The van der Waals surface area contributed by atoms with Gasteiger partial charge in [0, 0.05) is 48.8 Å². The molecule has 4 aromatic rings. The second kappa shape index (κ2) is 8.60. The van der Waals surface area contributed by atoms with Crippen molar-refractivity contribution in [2.75, 3.05) is 16.8 Å². The Kier molecular flexibility index (Phi) is 5.50. The molecule has 1 N–H and O–H groups in total. The van der Waals surface area contributed by atoms with Gasteiger partial charge in [-0.1, -0.05) is 41.9 Å². The van der Waals surface area contributed by atoms with E-state index in [0.717, 1.165) is 64.9 Å². The maximum Gasteiger partial charge on any atom is 0.130 e. The molecule has 0 spiro atoms. The second-order valence-electron chi connectivity index (χ2n) is 8.17. The molecule has 32 heavy (non-hydrogen) atoms. The smallest absolute Gasteiger partial charge is 0.130 e. The summed E-state index contributed by atoms with van der Waals surface area (Å²) in [7, 11) is 0. The number of halogens is 1. The highest BCUT2D eigenvalue weighted by molar-refractivity contribution is 6.33. The molecule has 5 nitrogen and oxygen atoms in total. The molecule has 160 valence electrons. The lowest BCUT2D eigenvalue weighted by atomic mass is 10.0. The van der Waals surface area contributed by atoms with Gasteiger partial charge < -0.3 is 10.2 Å². The molecule has 1 aromatic carbocycles. The first-order chi connectivity index (χ1) is 15.6. The summed E-state index contributed by atoms with van der Waals surface area (Å²) in [6.07, 6.45) is 4.47. The Labute approximate surface area is 193 Å². The van der Waals surface area contributed by atoms with Crippen molar-refractivity contribution < 1.29 is 0 Å². The van der Waals surface area contributed by atoms with Gasteiger partial charge in [-0.15, -0.1) is 0 Å². The molecule has 0 saturated carbocycles. The standard InChI is InChI=1S/C26H24ClN5/c1-17-12-18(2)26(29-14-17)21-13-25(28-15-22(21)27)32-11-10-23-19(16-32)8-9-24(31-23)30-20-6-4-3-5-7-20/h3-9,12-15H,10-11,16H2,1-2H3,(H,30,31). The number of anilines is 3. The molecule has 0 unspecified atom stereocenters. The topological polar surface area (TPSA) is 53.9 Å². The van der Waals surface area contributed by atoms with E-state index < -0.39 is 0 Å². The summed E-state index contributed by atoms with van der Waals surface area (Å²) in [5, 5.41) is 3.99. The molecule has 6 heteroatoms. The predicted molar refractivity (Wildman–Crippen MR) is 131 cm³/mol. The third-order valence-electron chi connectivity index (χ3n) is 5.73. The number of nitrogens with one attached hydrogen (secondary N) is 1. The number of nitrogens with zero attached hydrogens (tertiary/aromatic N) is 4. The molecule has 5 rings (SSSR count). The number of benzene rings is 1. The van der Waals surface area contributed by atoms with Crippen LogP contribution in [0.25, 0.3) is 11.3 Å². The Morgan fingerprint density at radius 2 is 1.81 bits per heavy atom. The predicted octanol–water partition coefficient (Wildman–Crippen LogP) is 6.12. The van der Waals surface area contributed by atoms with Crippen LogP contribution in [0.5, 0.6) is 0 Å². The highest BCUT2D eigenvalue weighted by Gasteiger charge is 2.21. The zero-order valence-electron chi connectivity index (χ0n) is 18.1. The largest absolute Gasteiger partial charge is 0.352 e. The van der Waals surface area contributed by atoms with Crippen LogP contribution in [0.15, 0.2) is 67.0 Å². The monoisotopic (exact) mass is 441 g/mol. The number of aromatic nitrogens is 3. The summed E-state index contributed by atoms with van der Waals surface area (Å²) >= 11 is 6.51. The Bertz CT molecular complexity index is 1270. The minimum atomic E-state index is 0.615. The SMILES string of the molecule is Cc1cnc(-c2cc(N3CCc4nc(Nc5ccccc5)ccc4C3)ncc2Cl)c(C)c1. The van der Waals surface area contributed by atoms with Crippen LogP contribution in [-0.2, 0) is 13.0 Å². The van der Waals surface area contributed by atoms with Gasteiger partial charge >= 0.3 is 0 Å². The van der Waals surface area contributed by atoms with Gasteiger partial charge in [0.25, 0.3) is 0 Å². The summed E-state index contributed by atoms with van der Waals surface area (Å²) in [4.78, 5) is 16.4. The van der Waals surface area contributed by atoms with E-state index in [-0.39, 0.29) is 0 Å². The second-order valence-corrected chi connectivity index (χ2v) is 8.57. The van der Waals surface area contributed by atoms with Crippen molar-refractivity contribution in [2.24, 2.45) is 0 Å². The third-order valence-corrected chi connectivity index (χ3v) is 6.03. The maximum atomic E-state index is 6.51. The minimum absolute atomic E-state index is 0.615. The number of pyridine rings is 3. The molecule has 0 atom stereocenters. The van der Waals surface area contributed by atoms with E-state index in [1.807, 2.05) is 49.5 Å². The fraction of sp³-hybridized carbons (Fsp3) is 0.192. The summed E-state index contributed by atoms with van der Waals surface area (Å²) in [6, 6.07) is 18.5. The van der Waals surface area contributed by atoms with Gasteiger partial charge in [-0.25, -0.2) is 9.97 Å². The number of rotatable bonds is 4. The quantitative estimate of drug-likeness (QED) is 0.413. The Morgan fingerprint density at radius 1 is 0.969 bits per heavy atom. The van der Waals surface area contributed by atoms with E-state index >= 15 is 0 Å². The summed E-state index contributed by atoms with van der Waals surface area (Å²) in [5.74, 6) is 1.78. The van der Waals surface area contributed by atoms with E-state index in [0.29, 0.717) is 5.02 Å². The molecule has 3 aromatic heterocycles. The lowest BCUT2D eigenvalue weighted by molar-refractivity contribution is 0.704. The maximum absolute atomic E-state index is 6.51. The molecule has 0 saturated heterocycles. The fourth-order valence-corrected chi connectivity index (χ4v) is 4.32. The van der Waals surface area contributed by atoms with Crippen molar-refractivity contribution >= 4 is 28.9 Å². The van der Waals surface area contributed by atoms with Gasteiger partial charge in [0.15, 0.2) is 0 Å². The first-order valence-electron chi connectivity index (χ1n) is 10.7. The van der Waals surface area contributed by atoms with Gasteiger partial charge in [0.2, 0.25) is 0 Å². The number of aryl methyl sites for hydroxylation is 2. The lowest BCUT2D eigenvalue weighted by Crippen LogP contribution is -2.31. The molecule has 0 amide bonds. The van der Waals surface area contributed by atoms with Crippen molar-refractivity contribution in [3.63, 3.8) is 0 Å². The van der Waals surface area contributed by atoms with Crippen LogP contribution in [-0.4, -0.2) is 21.5 Å². The number of fused-ring (bicyclic) bond motifs is 1. The molecule has 1 aliphatic heterocycles. The zero-order valence-corrected chi connectivity index (χ0v) is 18.9. The summed E-state index contributed by atoms with van der Waals surface area (Å²) < 4.78 is 0. The van der Waals surface area contributed by atoms with Crippen molar-refractivity contribution in [3.8, 4) is 11.3 Å². The summed E-state index contributed by atoms with van der Waals surface area (Å²) in [5.41, 5.74) is 7.45. The van der Waals surface area contributed by atoms with E-state index in [2.05, 4.69) is 45.3 Å². The van der Waals surface area contributed by atoms with Gasteiger partial charge in [0.05, 0.1) is 10.7 Å². The average Bonchev–Trinajstić information content (AvgIpc) is 2.80. The van der Waals surface area contributed by atoms with Crippen LogP contribution < -0.4 is 10.2 Å². The van der Waals surface area contributed by atoms with Crippen LogP contribution in [0, 0.1) is 13.8 Å². The van der Waals surface area contributed by atoms with E-state index in [9.17, 15) is 0 Å².